The maximum atomic E-state index is 10.4. The second kappa shape index (κ2) is 5.76. The summed E-state index contributed by atoms with van der Waals surface area (Å²) in [7, 11) is 0. The van der Waals surface area contributed by atoms with E-state index in [2.05, 4.69) is 0 Å². The van der Waals surface area contributed by atoms with Crippen molar-refractivity contribution >= 4 is 12.2 Å². The van der Waals surface area contributed by atoms with E-state index in [1.54, 1.807) is 12.1 Å². The molecule has 0 aliphatic heterocycles. The molecule has 5 N–H and O–H groups in total. The third kappa shape index (κ3) is 2.65. The highest BCUT2D eigenvalue weighted by molar-refractivity contribution is 5.80. The fraction of sp³-hybridized carbons (Fsp3) is 0.222. The normalized spacial score (nSPS) is 14.1. The van der Waals surface area contributed by atoms with E-state index in [1.807, 2.05) is 0 Å². The molecule has 0 bridgehead atoms. The molecule has 2 aromatic carbocycles. The van der Waals surface area contributed by atoms with Crippen molar-refractivity contribution in [3.63, 3.8) is 0 Å². The van der Waals surface area contributed by atoms with E-state index >= 15 is 0 Å². The molecule has 0 saturated heterocycles. The minimum Gasteiger partial charge on any atom is -0.507 e. The number of fused-ring (bicyclic) bond motifs is 1. The molecule has 1 aliphatic rings. The Morgan fingerprint density at radius 3 is 2.00 bits per heavy atom. The average Bonchev–Trinajstić information content (AvgIpc) is 2.56. The topological polar surface area (TPSA) is 101 Å². The number of benzene rings is 2. The van der Waals surface area contributed by atoms with Crippen LogP contribution in [-0.4, -0.2) is 25.5 Å². The third-order valence-electron chi connectivity index (χ3n) is 4.22. The van der Waals surface area contributed by atoms with Crippen LogP contribution in [0.25, 0.3) is 12.2 Å². The van der Waals surface area contributed by atoms with Gasteiger partial charge in [0.1, 0.15) is 5.75 Å². The number of phenolic OH excluding ortho intramolecular Hbond substituents is 5. The molecule has 120 valence electrons. The second-order valence-corrected chi connectivity index (χ2v) is 5.71. The first-order chi connectivity index (χ1) is 11.0. The lowest BCUT2D eigenvalue weighted by atomic mass is 9.87. The summed E-state index contributed by atoms with van der Waals surface area (Å²) in [6.45, 7) is 0. The quantitative estimate of drug-likeness (QED) is 0.333. The van der Waals surface area contributed by atoms with Crippen LogP contribution in [0.5, 0.6) is 28.7 Å². The molecule has 0 fully saturated rings. The predicted octanol–water partition coefficient (Wildman–Crippen LogP) is 3.26. The summed E-state index contributed by atoms with van der Waals surface area (Å²) in [5, 5.41) is 49.5. The van der Waals surface area contributed by atoms with Crippen LogP contribution in [0.15, 0.2) is 18.2 Å². The average molecular weight is 314 g/mol. The van der Waals surface area contributed by atoms with E-state index in [-0.39, 0.29) is 34.3 Å². The molecular weight excluding hydrogens is 296 g/mol. The van der Waals surface area contributed by atoms with Crippen molar-refractivity contribution in [3.05, 3.63) is 40.5 Å². The van der Waals surface area contributed by atoms with Gasteiger partial charge in [-0.15, -0.1) is 0 Å². The van der Waals surface area contributed by atoms with Crippen molar-refractivity contribution in [3.8, 4) is 28.7 Å². The van der Waals surface area contributed by atoms with Crippen LogP contribution in [0.1, 0.15) is 35.1 Å². The lowest BCUT2D eigenvalue weighted by molar-refractivity contribution is 0.384. The van der Waals surface area contributed by atoms with Crippen LogP contribution in [0.4, 0.5) is 0 Å². The first-order valence-corrected chi connectivity index (χ1v) is 7.47. The largest absolute Gasteiger partial charge is 0.507 e. The first kappa shape index (κ1) is 15.1. The van der Waals surface area contributed by atoms with Gasteiger partial charge < -0.3 is 25.5 Å². The maximum Gasteiger partial charge on any atom is 0.168 e. The van der Waals surface area contributed by atoms with Crippen LogP contribution >= 0.6 is 0 Å². The van der Waals surface area contributed by atoms with Gasteiger partial charge in [-0.1, -0.05) is 12.1 Å². The van der Waals surface area contributed by atoms with Gasteiger partial charge in [0.05, 0.1) is 5.56 Å². The number of hydrogen-bond acceptors (Lipinski definition) is 5. The predicted molar refractivity (Wildman–Crippen MR) is 86.8 cm³/mol. The number of hydrogen-bond donors (Lipinski definition) is 5. The fourth-order valence-electron chi connectivity index (χ4n) is 2.95. The molecule has 3 rings (SSSR count). The lowest BCUT2D eigenvalue weighted by Crippen LogP contribution is -2.04. The lowest BCUT2D eigenvalue weighted by Gasteiger charge is -2.21. The van der Waals surface area contributed by atoms with Crippen molar-refractivity contribution in [1.29, 1.82) is 0 Å². The highest BCUT2D eigenvalue weighted by Crippen LogP contribution is 2.46. The molecule has 0 amide bonds. The number of rotatable bonds is 2. The van der Waals surface area contributed by atoms with Gasteiger partial charge in [0.25, 0.3) is 0 Å². The van der Waals surface area contributed by atoms with Gasteiger partial charge in [-0.05, 0) is 49.5 Å². The van der Waals surface area contributed by atoms with Crippen molar-refractivity contribution in [2.45, 2.75) is 25.7 Å². The van der Waals surface area contributed by atoms with Crippen LogP contribution in [0.2, 0.25) is 0 Å². The molecule has 0 heterocycles. The van der Waals surface area contributed by atoms with Gasteiger partial charge >= 0.3 is 0 Å². The third-order valence-corrected chi connectivity index (χ3v) is 4.22. The summed E-state index contributed by atoms with van der Waals surface area (Å²) < 4.78 is 0. The van der Waals surface area contributed by atoms with E-state index in [4.69, 9.17) is 0 Å². The van der Waals surface area contributed by atoms with Gasteiger partial charge in [-0.25, -0.2) is 0 Å². The monoisotopic (exact) mass is 314 g/mol. The molecule has 2 aromatic rings. The Balaban J connectivity index is 2.04. The molecule has 0 unspecified atom stereocenters. The standard InChI is InChI=1S/C18H18O5/c19-14-8-6-10(9-15(14)20)5-7-13-16(21)11-3-1-2-4-12(11)17(22)18(13)23/h5-9,19-23H,1-4H2. The van der Waals surface area contributed by atoms with Crippen molar-refractivity contribution in [1.82, 2.24) is 0 Å². The zero-order valence-electron chi connectivity index (χ0n) is 12.5. The van der Waals surface area contributed by atoms with Crippen molar-refractivity contribution < 1.29 is 25.5 Å². The van der Waals surface area contributed by atoms with Gasteiger partial charge in [0.15, 0.2) is 23.0 Å². The molecule has 0 atom stereocenters. The molecule has 1 aliphatic carbocycles. The van der Waals surface area contributed by atoms with E-state index in [9.17, 15) is 25.5 Å². The summed E-state index contributed by atoms with van der Waals surface area (Å²) >= 11 is 0. The Morgan fingerprint density at radius 2 is 1.35 bits per heavy atom. The molecule has 0 aromatic heterocycles. The summed E-state index contributed by atoms with van der Waals surface area (Å²) in [4.78, 5) is 0. The van der Waals surface area contributed by atoms with Gasteiger partial charge in [0.2, 0.25) is 0 Å². The Bertz CT molecular complexity index is 793. The minimum atomic E-state index is -0.345. The molecule has 23 heavy (non-hydrogen) atoms. The van der Waals surface area contributed by atoms with Gasteiger partial charge in [-0.3, -0.25) is 0 Å². The summed E-state index contributed by atoms with van der Waals surface area (Å²) in [5.41, 5.74) is 2.03. The SMILES string of the molecule is Oc1ccc(C=Cc2c(O)c(O)c3c(c2O)CCCC3)cc1O. The molecule has 0 radical (unpaired) electrons. The van der Waals surface area contributed by atoms with Crippen LogP contribution in [0.3, 0.4) is 0 Å². The Kier molecular flexibility index (Phi) is 3.78. The molecule has 5 heteroatoms. The van der Waals surface area contributed by atoms with Gasteiger partial charge in [-0.2, -0.15) is 0 Å². The summed E-state index contributed by atoms with van der Waals surface area (Å²) in [6.07, 6.45) is 6.20. The number of phenols is 5. The summed E-state index contributed by atoms with van der Waals surface area (Å²) in [6, 6.07) is 4.29. The molecular formula is C18H18O5. The Hall–Kier alpha value is -2.82. The Morgan fingerprint density at radius 1 is 0.696 bits per heavy atom. The minimum absolute atomic E-state index is 0.0192. The molecule has 5 nitrogen and oxygen atoms in total. The highest BCUT2D eigenvalue weighted by atomic mass is 16.3. The zero-order valence-corrected chi connectivity index (χ0v) is 12.5. The van der Waals surface area contributed by atoms with Crippen LogP contribution in [-0.2, 0) is 12.8 Å². The first-order valence-electron chi connectivity index (χ1n) is 7.47. The maximum absolute atomic E-state index is 10.4. The molecule has 0 saturated carbocycles. The van der Waals surface area contributed by atoms with Crippen LogP contribution in [0, 0.1) is 0 Å². The fourth-order valence-corrected chi connectivity index (χ4v) is 2.95. The zero-order chi connectivity index (χ0) is 16.6. The van der Waals surface area contributed by atoms with Crippen LogP contribution < -0.4 is 0 Å². The summed E-state index contributed by atoms with van der Waals surface area (Å²) in [5.74, 6) is -1.02. The smallest absolute Gasteiger partial charge is 0.168 e. The van der Waals surface area contributed by atoms with Gasteiger partial charge in [0, 0.05) is 11.1 Å². The molecule has 0 spiro atoms. The second-order valence-electron chi connectivity index (χ2n) is 5.71. The van der Waals surface area contributed by atoms with E-state index in [1.165, 1.54) is 18.2 Å². The van der Waals surface area contributed by atoms with E-state index < -0.39 is 0 Å². The van der Waals surface area contributed by atoms with E-state index in [0.29, 0.717) is 29.5 Å². The Labute approximate surface area is 133 Å². The van der Waals surface area contributed by atoms with E-state index in [0.717, 1.165) is 12.8 Å². The number of aromatic hydroxyl groups is 5. The van der Waals surface area contributed by atoms with Crippen molar-refractivity contribution in [2.75, 3.05) is 0 Å². The van der Waals surface area contributed by atoms with Crippen molar-refractivity contribution in [2.24, 2.45) is 0 Å². The highest BCUT2D eigenvalue weighted by Gasteiger charge is 2.23.